The third-order valence-corrected chi connectivity index (χ3v) is 2.82. The van der Waals surface area contributed by atoms with Crippen LogP contribution in [0, 0.1) is 5.41 Å². The minimum absolute atomic E-state index is 0.427. The smallest absolute Gasteiger partial charge is 0.0707 e. The quantitative estimate of drug-likeness (QED) is 0.615. The van der Waals surface area contributed by atoms with Gasteiger partial charge in [0.15, 0.2) is 0 Å². The Labute approximate surface area is 81.3 Å². The number of likely N-dealkylation sites (tertiary alicyclic amines) is 1. The molecule has 0 aromatic carbocycles. The Morgan fingerprint density at radius 3 is 2.15 bits per heavy atom. The number of hydrogen-bond donors (Lipinski definition) is 0. The zero-order chi connectivity index (χ0) is 9.47. The van der Waals surface area contributed by atoms with E-state index in [0.717, 1.165) is 13.1 Å². The summed E-state index contributed by atoms with van der Waals surface area (Å²) in [5, 5.41) is 0. The van der Waals surface area contributed by atoms with E-state index >= 15 is 0 Å². The average Bonchev–Trinajstić information content (AvgIpc) is 2.27. The molecule has 0 saturated carbocycles. The minimum Gasteiger partial charge on any atom is -0.372 e. The predicted octanol–water partition coefficient (Wildman–Crippen LogP) is 1.90. The summed E-state index contributed by atoms with van der Waals surface area (Å²) in [6.45, 7) is 10.5. The molecule has 13 heavy (non-hydrogen) atoms. The number of nitrogens with zero attached hydrogens (tertiary/aromatic N) is 1. The van der Waals surface area contributed by atoms with Crippen molar-refractivity contribution in [3.05, 3.63) is 0 Å². The Morgan fingerprint density at radius 1 is 1.15 bits per heavy atom. The highest BCUT2D eigenvalue weighted by Crippen LogP contribution is 2.28. The third-order valence-electron chi connectivity index (χ3n) is 2.82. The molecule has 2 bridgehead atoms. The summed E-state index contributed by atoms with van der Waals surface area (Å²) in [4.78, 5) is 2.58. The minimum atomic E-state index is 0.427. The van der Waals surface area contributed by atoms with E-state index in [2.05, 4.69) is 25.7 Å². The van der Waals surface area contributed by atoms with Gasteiger partial charge in [0.05, 0.1) is 12.2 Å². The summed E-state index contributed by atoms with van der Waals surface area (Å²) < 4.78 is 5.80. The van der Waals surface area contributed by atoms with Gasteiger partial charge in [-0.1, -0.05) is 20.8 Å². The van der Waals surface area contributed by atoms with Crippen molar-refractivity contribution < 1.29 is 4.74 Å². The maximum atomic E-state index is 5.80. The van der Waals surface area contributed by atoms with Gasteiger partial charge in [-0.25, -0.2) is 0 Å². The number of morpholine rings is 1. The lowest BCUT2D eigenvalue weighted by atomic mass is 9.95. The van der Waals surface area contributed by atoms with Gasteiger partial charge >= 0.3 is 0 Å². The molecule has 0 radical (unpaired) electrons. The van der Waals surface area contributed by atoms with Crippen molar-refractivity contribution in [3.8, 4) is 0 Å². The van der Waals surface area contributed by atoms with Crippen LogP contribution in [-0.2, 0) is 4.74 Å². The highest BCUT2D eigenvalue weighted by molar-refractivity contribution is 4.86. The second-order valence-corrected chi connectivity index (χ2v) is 5.71. The fourth-order valence-electron chi connectivity index (χ4n) is 2.50. The molecule has 2 aliphatic rings. The molecular weight excluding hydrogens is 162 g/mol. The SMILES string of the molecule is CC(C)(C)CN1CC2CCC(C1)O2. The van der Waals surface area contributed by atoms with Gasteiger partial charge in [-0.05, 0) is 18.3 Å². The molecule has 0 N–H and O–H groups in total. The summed E-state index contributed by atoms with van der Waals surface area (Å²) >= 11 is 0. The van der Waals surface area contributed by atoms with Crippen molar-refractivity contribution in [2.24, 2.45) is 5.41 Å². The predicted molar refractivity (Wildman–Crippen MR) is 53.8 cm³/mol. The summed E-state index contributed by atoms with van der Waals surface area (Å²) in [6.07, 6.45) is 3.65. The second-order valence-electron chi connectivity index (χ2n) is 5.71. The monoisotopic (exact) mass is 183 g/mol. The topological polar surface area (TPSA) is 12.5 Å². The third kappa shape index (κ3) is 2.44. The molecule has 0 aromatic heterocycles. The lowest BCUT2D eigenvalue weighted by Gasteiger charge is -2.36. The highest BCUT2D eigenvalue weighted by atomic mass is 16.5. The van der Waals surface area contributed by atoms with Crippen molar-refractivity contribution in [2.45, 2.75) is 45.8 Å². The van der Waals surface area contributed by atoms with E-state index < -0.39 is 0 Å². The van der Waals surface area contributed by atoms with Crippen LogP contribution >= 0.6 is 0 Å². The Balaban J connectivity index is 1.88. The molecule has 0 amide bonds. The molecule has 2 atom stereocenters. The first-order chi connectivity index (χ1) is 6.03. The molecule has 2 aliphatic heterocycles. The Bertz CT molecular complexity index is 173. The van der Waals surface area contributed by atoms with Gasteiger partial charge < -0.3 is 4.74 Å². The summed E-state index contributed by atoms with van der Waals surface area (Å²) in [6, 6.07) is 0. The van der Waals surface area contributed by atoms with Gasteiger partial charge in [-0.2, -0.15) is 0 Å². The number of rotatable bonds is 1. The zero-order valence-corrected chi connectivity index (χ0v) is 9.05. The fraction of sp³-hybridized carbons (Fsp3) is 1.00. The number of ether oxygens (including phenoxy) is 1. The maximum absolute atomic E-state index is 5.80. The summed E-state index contributed by atoms with van der Waals surface area (Å²) in [5.41, 5.74) is 0.427. The molecule has 2 fully saturated rings. The van der Waals surface area contributed by atoms with Crippen LogP contribution < -0.4 is 0 Å². The van der Waals surface area contributed by atoms with E-state index in [4.69, 9.17) is 4.74 Å². The molecule has 2 heterocycles. The Hall–Kier alpha value is -0.0800. The van der Waals surface area contributed by atoms with Crippen LogP contribution in [0.25, 0.3) is 0 Å². The van der Waals surface area contributed by atoms with E-state index in [1.165, 1.54) is 19.4 Å². The van der Waals surface area contributed by atoms with Crippen LogP contribution in [0.4, 0.5) is 0 Å². The fourth-order valence-corrected chi connectivity index (χ4v) is 2.50. The van der Waals surface area contributed by atoms with Gasteiger partial charge in [0.1, 0.15) is 0 Å². The van der Waals surface area contributed by atoms with Crippen LogP contribution in [0.2, 0.25) is 0 Å². The zero-order valence-electron chi connectivity index (χ0n) is 9.05. The van der Waals surface area contributed by atoms with Gasteiger partial charge in [-0.15, -0.1) is 0 Å². The van der Waals surface area contributed by atoms with Gasteiger partial charge in [0.2, 0.25) is 0 Å². The first-order valence-corrected chi connectivity index (χ1v) is 5.41. The molecule has 2 nitrogen and oxygen atoms in total. The van der Waals surface area contributed by atoms with Crippen LogP contribution in [-0.4, -0.2) is 36.7 Å². The van der Waals surface area contributed by atoms with E-state index in [0.29, 0.717) is 17.6 Å². The van der Waals surface area contributed by atoms with Crippen molar-refractivity contribution in [1.82, 2.24) is 4.90 Å². The summed E-state index contributed by atoms with van der Waals surface area (Å²) in [7, 11) is 0. The maximum Gasteiger partial charge on any atom is 0.0707 e. The molecular formula is C11H21NO. The average molecular weight is 183 g/mol. The standard InChI is InChI=1S/C11H21NO/c1-11(2,3)8-12-6-9-4-5-10(7-12)13-9/h9-10H,4-8H2,1-3H3. The second kappa shape index (κ2) is 3.25. The lowest BCUT2D eigenvalue weighted by molar-refractivity contribution is -0.0465. The molecule has 2 rings (SSSR count). The lowest BCUT2D eigenvalue weighted by Crippen LogP contribution is -2.45. The molecule has 2 heteroatoms. The van der Waals surface area contributed by atoms with Crippen LogP contribution in [0.15, 0.2) is 0 Å². The van der Waals surface area contributed by atoms with E-state index in [9.17, 15) is 0 Å². The largest absolute Gasteiger partial charge is 0.372 e. The van der Waals surface area contributed by atoms with Crippen molar-refractivity contribution in [2.75, 3.05) is 19.6 Å². The van der Waals surface area contributed by atoms with E-state index in [1.807, 2.05) is 0 Å². The Kier molecular flexibility index (Phi) is 2.37. The first-order valence-electron chi connectivity index (χ1n) is 5.41. The van der Waals surface area contributed by atoms with E-state index in [1.54, 1.807) is 0 Å². The molecule has 2 saturated heterocycles. The number of hydrogen-bond acceptors (Lipinski definition) is 2. The Morgan fingerprint density at radius 2 is 1.69 bits per heavy atom. The first kappa shape index (κ1) is 9.47. The van der Waals surface area contributed by atoms with Crippen molar-refractivity contribution in [3.63, 3.8) is 0 Å². The highest BCUT2D eigenvalue weighted by Gasteiger charge is 2.34. The van der Waals surface area contributed by atoms with Crippen LogP contribution in [0.1, 0.15) is 33.6 Å². The molecule has 0 aliphatic carbocycles. The van der Waals surface area contributed by atoms with Crippen LogP contribution in [0.5, 0.6) is 0 Å². The van der Waals surface area contributed by atoms with Gasteiger partial charge in [-0.3, -0.25) is 4.90 Å². The summed E-state index contributed by atoms with van der Waals surface area (Å²) in [5.74, 6) is 0. The van der Waals surface area contributed by atoms with Crippen molar-refractivity contribution >= 4 is 0 Å². The molecule has 76 valence electrons. The normalized spacial score (nSPS) is 35.3. The van der Waals surface area contributed by atoms with Crippen molar-refractivity contribution in [1.29, 1.82) is 0 Å². The van der Waals surface area contributed by atoms with Crippen LogP contribution in [0.3, 0.4) is 0 Å². The number of fused-ring (bicyclic) bond motifs is 2. The van der Waals surface area contributed by atoms with Gasteiger partial charge in [0.25, 0.3) is 0 Å². The van der Waals surface area contributed by atoms with E-state index in [-0.39, 0.29) is 0 Å². The van der Waals surface area contributed by atoms with Gasteiger partial charge in [0, 0.05) is 19.6 Å². The molecule has 2 unspecified atom stereocenters. The molecule has 0 aromatic rings. The molecule has 0 spiro atoms.